The summed E-state index contributed by atoms with van der Waals surface area (Å²) >= 11 is 0. The van der Waals surface area contributed by atoms with Crippen molar-refractivity contribution in [3.63, 3.8) is 0 Å². The highest BCUT2D eigenvalue weighted by atomic mass is 35.5. The van der Waals surface area contributed by atoms with Crippen LogP contribution in [-0.4, -0.2) is 79.0 Å². The predicted octanol–water partition coefficient (Wildman–Crippen LogP) is 0.630. The minimum atomic E-state index is -0.343. The average molecular weight is 319 g/mol. The van der Waals surface area contributed by atoms with Crippen LogP contribution in [0.15, 0.2) is 0 Å². The number of carbonyl (C=O) groups excluding carboxylic acids is 1. The molecular formula is C15H31ClN4O. The lowest BCUT2D eigenvalue weighted by atomic mass is 10.0. The highest BCUT2D eigenvalue weighted by molar-refractivity contribution is 5.85. The van der Waals surface area contributed by atoms with Gasteiger partial charge >= 0.3 is 0 Å². The number of likely N-dealkylation sites (tertiary alicyclic amines) is 1. The van der Waals surface area contributed by atoms with E-state index in [2.05, 4.69) is 16.8 Å². The first kappa shape index (κ1) is 18.7. The molecule has 0 aromatic heterocycles. The van der Waals surface area contributed by atoms with E-state index in [1.54, 1.807) is 0 Å². The van der Waals surface area contributed by atoms with E-state index in [4.69, 9.17) is 5.73 Å². The maximum absolute atomic E-state index is 12.2. The summed E-state index contributed by atoms with van der Waals surface area (Å²) in [6.45, 7) is 10.1. The highest BCUT2D eigenvalue weighted by Gasteiger charge is 2.30. The van der Waals surface area contributed by atoms with Gasteiger partial charge in [-0.25, -0.2) is 0 Å². The number of nitrogens with two attached hydrogens (primary N) is 1. The Labute approximate surface area is 135 Å². The molecule has 0 aromatic carbocycles. The SMILES string of the molecule is CC(C)[C@@H](N)C(=O)N1CCN(C2CCN(C)CC2)CC1.Cl. The molecule has 0 unspecified atom stereocenters. The van der Waals surface area contributed by atoms with Crippen LogP contribution in [0.5, 0.6) is 0 Å². The smallest absolute Gasteiger partial charge is 0.239 e. The quantitative estimate of drug-likeness (QED) is 0.829. The van der Waals surface area contributed by atoms with Gasteiger partial charge in [0.2, 0.25) is 5.91 Å². The van der Waals surface area contributed by atoms with Crippen LogP contribution < -0.4 is 5.73 Å². The highest BCUT2D eigenvalue weighted by Crippen LogP contribution is 2.18. The summed E-state index contributed by atoms with van der Waals surface area (Å²) in [5, 5.41) is 0. The van der Waals surface area contributed by atoms with E-state index >= 15 is 0 Å². The Kier molecular flexibility index (Phi) is 7.40. The van der Waals surface area contributed by atoms with E-state index in [0.29, 0.717) is 6.04 Å². The van der Waals surface area contributed by atoms with Gasteiger partial charge in [-0.1, -0.05) is 13.8 Å². The van der Waals surface area contributed by atoms with Crippen LogP contribution in [0.2, 0.25) is 0 Å². The van der Waals surface area contributed by atoms with Crippen molar-refractivity contribution in [2.45, 2.75) is 38.8 Å². The topological polar surface area (TPSA) is 52.8 Å². The Hall–Kier alpha value is -0.360. The molecule has 21 heavy (non-hydrogen) atoms. The van der Waals surface area contributed by atoms with Gasteiger partial charge in [-0.3, -0.25) is 9.69 Å². The fraction of sp³-hybridized carbons (Fsp3) is 0.933. The van der Waals surface area contributed by atoms with Gasteiger partial charge in [0.1, 0.15) is 0 Å². The molecule has 2 rings (SSSR count). The molecular weight excluding hydrogens is 288 g/mol. The molecule has 2 saturated heterocycles. The van der Waals surface area contributed by atoms with Gasteiger partial charge in [0.15, 0.2) is 0 Å². The zero-order valence-electron chi connectivity index (χ0n) is 13.6. The van der Waals surface area contributed by atoms with Crippen molar-refractivity contribution in [1.29, 1.82) is 0 Å². The molecule has 2 aliphatic heterocycles. The predicted molar refractivity (Wildman–Crippen MR) is 88.7 cm³/mol. The van der Waals surface area contributed by atoms with Crippen molar-refractivity contribution >= 4 is 18.3 Å². The van der Waals surface area contributed by atoms with Crippen molar-refractivity contribution < 1.29 is 4.79 Å². The number of carbonyl (C=O) groups is 1. The monoisotopic (exact) mass is 318 g/mol. The molecule has 2 heterocycles. The normalized spacial score (nSPS) is 24.0. The molecule has 2 N–H and O–H groups in total. The number of halogens is 1. The molecule has 124 valence electrons. The largest absolute Gasteiger partial charge is 0.339 e. The summed E-state index contributed by atoms with van der Waals surface area (Å²) < 4.78 is 0. The molecule has 0 bridgehead atoms. The molecule has 5 nitrogen and oxygen atoms in total. The van der Waals surface area contributed by atoms with Gasteiger partial charge in [-0.15, -0.1) is 12.4 Å². The van der Waals surface area contributed by atoms with Crippen LogP contribution in [0, 0.1) is 5.92 Å². The van der Waals surface area contributed by atoms with E-state index in [0.717, 1.165) is 26.2 Å². The summed E-state index contributed by atoms with van der Waals surface area (Å²) in [5.41, 5.74) is 5.97. The minimum Gasteiger partial charge on any atom is -0.339 e. The second kappa shape index (κ2) is 8.32. The van der Waals surface area contributed by atoms with Crippen molar-refractivity contribution in [1.82, 2.24) is 14.7 Å². The van der Waals surface area contributed by atoms with Gasteiger partial charge in [-0.05, 0) is 38.9 Å². The average Bonchev–Trinajstić information content (AvgIpc) is 2.46. The summed E-state index contributed by atoms with van der Waals surface area (Å²) in [6, 6.07) is 0.368. The number of rotatable bonds is 3. The molecule has 2 fully saturated rings. The fourth-order valence-electron chi connectivity index (χ4n) is 3.16. The molecule has 0 aromatic rings. The van der Waals surface area contributed by atoms with Gasteiger partial charge in [-0.2, -0.15) is 0 Å². The van der Waals surface area contributed by atoms with E-state index in [-0.39, 0.29) is 30.3 Å². The number of amides is 1. The lowest BCUT2D eigenvalue weighted by Crippen LogP contribution is -2.57. The molecule has 2 aliphatic rings. The van der Waals surface area contributed by atoms with Crippen LogP contribution in [0.4, 0.5) is 0 Å². The van der Waals surface area contributed by atoms with Crippen LogP contribution >= 0.6 is 12.4 Å². The summed E-state index contributed by atoms with van der Waals surface area (Å²) in [4.78, 5) is 19.2. The first-order valence-corrected chi connectivity index (χ1v) is 7.96. The van der Waals surface area contributed by atoms with Crippen molar-refractivity contribution in [2.75, 3.05) is 46.3 Å². The Bertz CT molecular complexity index is 324. The minimum absolute atomic E-state index is 0. The number of hydrogen-bond acceptors (Lipinski definition) is 4. The maximum atomic E-state index is 12.2. The summed E-state index contributed by atoms with van der Waals surface area (Å²) in [5.74, 6) is 0.345. The van der Waals surface area contributed by atoms with Crippen molar-refractivity contribution in [3.05, 3.63) is 0 Å². The third-order valence-corrected chi connectivity index (χ3v) is 4.83. The zero-order chi connectivity index (χ0) is 14.7. The van der Waals surface area contributed by atoms with E-state index in [1.165, 1.54) is 25.9 Å². The molecule has 6 heteroatoms. The molecule has 1 amide bonds. The first-order chi connectivity index (χ1) is 9.49. The van der Waals surface area contributed by atoms with Gasteiger partial charge in [0.25, 0.3) is 0 Å². The summed E-state index contributed by atoms with van der Waals surface area (Å²) in [7, 11) is 2.19. The lowest BCUT2D eigenvalue weighted by molar-refractivity contribution is -0.135. The summed E-state index contributed by atoms with van der Waals surface area (Å²) in [6.07, 6.45) is 2.52. The lowest BCUT2D eigenvalue weighted by Gasteiger charge is -2.42. The van der Waals surface area contributed by atoms with E-state index in [9.17, 15) is 4.79 Å². The van der Waals surface area contributed by atoms with E-state index < -0.39 is 0 Å². The van der Waals surface area contributed by atoms with Gasteiger partial charge in [0, 0.05) is 32.2 Å². The Morgan fingerprint density at radius 2 is 1.57 bits per heavy atom. The Balaban J connectivity index is 0.00000220. The van der Waals surface area contributed by atoms with E-state index in [1.807, 2.05) is 18.7 Å². The molecule has 0 radical (unpaired) electrons. The Morgan fingerprint density at radius 1 is 1.05 bits per heavy atom. The van der Waals surface area contributed by atoms with Gasteiger partial charge < -0.3 is 15.5 Å². The van der Waals surface area contributed by atoms with Crippen molar-refractivity contribution in [2.24, 2.45) is 11.7 Å². The molecule has 0 aliphatic carbocycles. The third-order valence-electron chi connectivity index (χ3n) is 4.83. The number of nitrogens with zero attached hydrogens (tertiary/aromatic N) is 3. The fourth-order valence-corrected chi connectivity index (χ4v) is 3.16. The molecule has 1 atom stereocenters. The van der Waals surface area contributed by atoms with Crippen LogP contribution in [-0.2, 0) is 4.79 Å². The van der Waals surface area contributed by atoms with Crippen molar-refractivity contribution in [3.8, 4) is 0 Å². The molecule has 0 spiro atoms. The number of piperidine rings is 1. The van der Waals surface area contributed by atoms with Crippen LogP contribution in [0.3, 0.4) is 0 Å². The molecule has 0 saturated carbocycles. The standard InChI is InChI=1S/C15H30N4O.ClH/c1-12(2)14(16)15(20)19-10-8-18(9-11-19)13-4-6-17(3)7-5-13;/h12-14H,4-11,16H2,1-3H3;1H/t14-;/m1./s1. The van der Waals surface area contributed by atoms with Crippen LogP contribution in [0.25, 0.3) is 0 Å². The zero-order valence-corrected chi connectivity index (χ0v) is 14.4. The maximum Gasteiger partial charge on any atom is 0.239 e. The Morgan fingerprint density at radius 3 is 2.05 bits per heavy atom. The number of piperazine rings is 1. The third kappa shape index (κ3) is 4.81. The second-order valence-corrected chi connectivity index (χ2v) is 6.67. The number of hydrogen-bond donors (Lipinski definition) is 1. The van der Waals surface area contributed by atoms with Crippen LogP contribution in [0.1, 0.15) is 26.7 Å². The van der Waals surface area contributed by atoms with Gasteiger partial charge in [0.05, 0.1) is 6.04 Å². The second-order valence-electron chi connectivity index (χ2n) is 6.67. The first-order valence-electron chi connectivity index (χ1n) is 7.96.